The normalized spacial score (nSPS) is 16.3. The predicted molar refractivity (Wildman–Crippen MR) is 81.1 cm³/mol. The van der Waals surface area contributed by atoms with Crippen molar-refractivity contribution in [2.75, 3.05) is 24.7 Å². The van der Waals surface area contributed by atoms with Crippen LogP contribution in [-0.4, -0.2) is 30.0 Å². The van der Waals surface area contributed by atoms with Crippen LogP contribution in [0.4, 0.5) is 5.69 Å². The summed E-state index contributed by atoms with van der Waals surface area (Å²) in [4.78, 5) is 11.7. The molecule has 0 aromatic heterocycles. The minimum atomic E-state index is 0.00854. The maximum atomic E-state index is 11.7. The van der Waals surface area contributed by atoms with Gasteiger partial charge in [-0.3, -0.25) is 4.79 Å². The van der Waals surface area contributed by atoms with Crippen molar-refractivity contribution in [2.24, 2.45) is 0 Å². The molecule has 98 valence electrons. The molecule has 1 amide bonds. The van der Waals surface area contributed by atoms with E-state index in [2.05, 4.69) is 32.8 Å². The van der Waals surface area contributed by atoms with Crippen molar-refractivity contribution in [2.45, 2.75) is 17.6 Å². The molecule has 0 unspecified atom stereocenters. The molecule has 5 heteroatoms. The van der Waals surface area contributed by atoms with Crippen LogP contribution in [0, 0.1) is 0 Å². The third-order valence-electron chi connectivity index (χ3n) is 3.10. The quantitative estimate of drug-likeness (QED) is 0.843. The van der Waals surface area contributed by atoms with Crippen LogP contribution >= 0.6 is 27.7 Å². The van der Waals surface area contributed by atoms with Crippen molar-refractivity contribution < 1.29 is 4.79 Å². The second-order valence-electron chi connectivity index (χ2n) is 4.55. The molecule has 1 saturated carbocycles. The van der Waals surface area contributed by atoms with Crippen molar-refractivity contribution in [3.05, 3.63) is 28.7 Å². The Morgan fingerprint density at radius 1 is 1.39 bits per heavy atom. The van der Waals surface area contributed by atoms with Crippen molar-refractivity contribution in [1.29, 1.82) is 0 Å². The van der Waals surface area contributed by atoms with E-state index in [9.17, 15) is 4.79 Å². The number of hydrogen-bond donors (Lipinski definition) is 2. The molecule has 2 N–H and O–H groups in total. The number of hydrogen-bond acceptors (Lipinski definition) is 3. The highest BCUT2D eigenvalue weighted by Gasteiger charge is 2.41. The van der Waals surface area contributed by atoms with E-state index in [-0.39, 0.29) is 5.91 Å². The van der Waals surface area contributed by atoms with E-state index in [1.807, 2.05) is 36.0 Å². The average molecular weight is 329 g/mol. The van der Waals surface area contributed by atoms with Crippen LogP contribution < -0.4 is 10.6 Å². The van der Waals surface area contributed by atoms with Crippen LogP contribution in [0.5, 0.6) is 0 Å². The summed E-state index contributed by atoms with van der Waals surface area (Å²) in [5, 5.41) is 6.09. The Morgan fingerprint density at radius 2 is 2.06 bits per heavy atom. The fourth-order valence-electron chi connectivity index (χ4n) is 1.73. The molecule has 0 bridgehead atoms. The number of rotatable bonds is 6. The Hall–Kier alpha value is -0.520. The smallest absolute Gasteiger partial charge is 0.238 e. The van der Waals surface area contributed by atoms with Gasteiger partial charge >= 0.3 is 0 Å². The Balaban J connectivity index is 1.70. The molecule has 1 aromatic carbocycles. The third-order valence-corrected chi connectivity index (χ3v) is 5.05. The van der Waals surface area contributed by atoms with Gasteiger partial charge in [0.15, 0.2) is 0 Å². The summed E-state index contributed by atoms with van der Waals surface area (Å²) in [6.45, 7) is 1.29. The van der Waals surface area contributed by atoms with Gasteiger partial charge in [-0.1, -0.05) is 15.9 Å². The highest BCUT2D eigenvalue weighted by atomic mass is 79.9. The monoisotopic (exact) mass is 328 g/mol. The molecule has 18 heavy (non-hydrogen) atoms. The zero-order chi connectivity index (χ0) is 13.0. The molecule has 3 nitrogen and oxygen atoms in total. The SMILES string of the molecule is CSC1(CNCC(=O)Nc2ccc(Br)cc2)CC1. The molecule has 1 aromatic rings. The lowest BCUT2D eigenvalue weighted by atomic mass is 10.3. The summed E-state index contributed by atoms with van der Waals surface area (Å²) in [6.07, 6.45) is 4.65. The van der Waals surface area contributed by atoms with E-state index >= 15 is 0 Å². The van der Waals surface area contributed by atoms with Crippen LogP contribution in [0.25, 0.3) is 0 Å². The standard InChI is InChI=1S/C13H17BrN2OS/c1-18-13(6-7-13)9-15-8-12(17)16-11-4-2-10(14)3-5-11/h2-5,15H,6-9H2,1H3,(H,16,17). The average Bonchev–Trinajstić information content (AvgIpc) is 3.13. The summed E-state index contributed by atoms with van der Waals surface area (Å²) in [5.41, 5.74) is 0.830. The first kappa shape index (κ1) is 13.9. The molecule has 0 heterocycles. The molecule has 0 saturated heterocycles. The van der Waals surface area contributed by atoms with Crippen LogP contribution in [0.15, 0.2) is 28.7 Å². The van der Waals surface area contributed by atoms with E-state index in [1.165, 1.54) is 12.8 Å². The predicted octanol–water partition coefficient (Wildman–Crippen LogP) is 2.87. The second-order valence-corrected chi connectivity index (χ2v) is 6.74. The maximum Gasteiger partial charge on any atom is 0.238 e. The first-order valence-corrected chi connectivity index (χ1v) is 7.97. The summed E-state index contributed by atoms with van der Waals surface area (Å²) >= 11 is 5.26. The fraction of sp³-hybridized carbons (Fsp3) is 0.462. The Bertz CT molecular complexity index is 418. The number of amides is 1. The van der Waals surface area contributed by atoms with E-state index < -0.39 is 0 Å². The molecular weight excluding hydrogens is 312 g/mol. The zero-order valence-corrected chi connectivity index (χ0v) is 12.7. The van der Waals surface area contributed by atoms with Crippen molar-refractivity contribution in [3.63, 3.8) is 0 Å². The Kier molecular flexibility index (Phi) is 4.70. The number of carbonyl (C=O) groups excluding carboxylic acids is 1. The largest absolute Gasteiger partial charge is 0.325 e. The van der Waals surface area contributed by atoms with Gasteiger partial charge in [0.05, 0.1) is 6.54 Å². The zero-order valence-electron chi connectivity index (χ0n) is 10.3. The third kappa shape index (κ3) is 4.00. The summed E-state index contributed by atoms with van der Waals surface area (Å²) < 4.78 is 1.41. The maximum absolute atomic E-state index is 11.7. The minimum absolute atomic E-state index is 0.00854. The van der Waals surface area contributed by atoms with Gasteiger partial charge in [0.1, 0.15) is 0 Å². The van der Waals surface area contributed by atoms with Gasteiger partial charge in [-0.15, -0.1) is 0 Å². The number of benzene rings is 1. The molecule has 1 aliphatic rings. The van der Waals surface area contributed by atoms with Gasteiger partial charge in [-0.25, -0.2) is 0 Å². The van der Waals surface area contributed by atoms with Gasteiger partial charge < -0.3 is 10.6 Å². The number of anilines is 1. The highest BCUT2D eigenvalue weighted by molar-refractivity contribution is 9.10. The first-order valence-electron chi connectivity index (χ1n) is 5.95. The summed E-state index contributed by atoms with van der Waals surface area (Å²) in [7, 11) is 0. The molecule has 0 aliphatic heterocycles. The Labute approximate surface area is 120 Å². The molecule has 1 aliphatic carbocycles. The van der Waals surface area contributed by atoms with Gasteiger partial charge in [0.25, 0.3) is 0 Å². The van der Waals surface area contributed by atoms with E-state index in [1.54, 1.807) is 0 Å². The topological polar surface area (TPSA) is 41.1 Å². The van der Waals surface area contributed by atoms with Crippen LogP contribution in [0.1, 0.15) is 12.8 Å². The number of carbonyl (C=O) groups is 1. The molecule has 0 atom stereocenters. The van der Waals surface area contributed by atoms with E-state index in [0.717, 1.165) is 16.7 Å². The summed E-state index contributed by atoms with van der Waals surface area (Å²) in [6, 6.07) is 7.59. The lowest BCUT2D eigenvalue weighted by Gasteiger charge is -2.12. The number of nitrogens with one attached hydrogen (secondary N) is 2. The lowest BCUT2D eigenvalue weighted by Crippen LogP contribution is -2.33. The second kappa shape index (κ2) is 6.08. The highest BCUT2D eigenvalue weighted by Crippen LogP contribution is 2.46. The van der Waals surface area contributed by atoms with Crippen molar-refractivity contribution >= 4 is 39.3 Å². The minimum Gasteiger partial charge on any atom is -0.325 e. The number of halogens is 1. The fourth-order valence-corrected chi connectivity index (χ4v) is 2.76. The lowest BCUT2D eigenvalue weighted by molar-refractivity contribution is -0.115. The molecule has 1 fully saturated rings. The Morgan fingerprint density at radius 3 is 2.61 bits per heavy atom. The molecule has 0 spiro atoms. The molecular formula is C13H17BrN2OS. The van der Waals surface area contributed by atoms with Gasteiger partial charge in [0, 0.05) is 21.5 Å². The van der Waals surface area contributed by atoms with Crippen LogP contribution in [0.2, 0.25) is 0 Å². The van der Waals surface area contributed by atoms with E-state index in [4.69, 9.17) is 0 Å². The number of thioether (sulfide) groups is 1. The van der Waals surface area contributed by atoms with Crippen LogP contribution in [-0.2, 0) is 4.79 Å². The molecule has 0 radical (unpaired) electrons. The van der Waals surface area contributed by atoms with Crippen LogP contribution in [0.3, 0.4) is 0 Å². The van der Waals surface area contributed by atoms with E-state index in [0.29, 0.717) is 11.3 Å². The van der Waals surface area contributed by atoms with Gasteiger partial charge in [0.2, 0.25) is 5.91 Å². The van der Waals surface area contributed by atoms with Crippen molar-refractivity contribution in [1.82, 2.24) is 5.32 Å². The molecule has 2 rings (SSSR count). The van der Waals surface area contributed by atoms with Gasteiger partial charge in [-0.05, 0) is 43.4 Å². The first-order chi connectivity index (χ1) is 8.63. The van der Waals surface area contributed by atoms with Gasteiger partial charge in [-0.2, -0.15) is 11.8 Å². The van der Waals surface area contributed by atoms with Crippen molar-refractivity contribution in [3.8, 4) is 0 Å². The summed E-state index contributed by atoms with van der Waals surface area (Å²) in [5.74, 6) is 0.00854.